The number of para-hydroxylation sites is 1. The van der Waals surface area contributed by atoms with E-state index < -0.39 is 0 Å². The number of methoxy groups -OCH3 is 3. The van der Waals surface area contributed by atoms with E-state index in [9.17, 15) is 0 Å². The number of nitrogens with one attached hydrogen (secondary N) is 1. The molecule has 5 nitrogen and oxygen atoms in total. The Morgan fingerprint density at radius 1 is 1.04 bits per heavy atom. The monoisotopic (exact) mass is 329 g/mol. The van der Waals surface area contributed by atoms with E-state index in [2.05, 4.69) is 11.4 Å². The molecule has 0 bridgehead atoms. The Balaban J connectivity index is 1.68. The van der Waals surface area contributed by atoms with Gasteiger partial charge in [-0.1, -0.05) is 12.1 Å². The maximum Gasteiger partial charge on any atom is 0.164 e. The summed E-state index contributed by atoms with van der Waals surface area (Å²) in [5.41, 5.74) is 2.23. The van der Waals surface area contributed by atoms with E-state index in [-0.39, 0.29) is 6.04 Å². The number of fused-ring (bicyclic) bond motifs is 1. The van der Waals surface area contributed by atoms with Crippen LogP contribution >= 0.6 is 0 Å². The number of hydrogen-bond acceptors (Lipinski definition) is 5. The number of ether oxygens (including phenoxy) is 4. The molecule has 1 heterocycles. The van der Waals surface area contributed by atoms with Gasteiger partial charge in [-0.15, -0.1) is 0 Å². The Labute approximate surface area is 142 Å². The van der Waals surface area contributed by atoms with Crippen LogP contribution in [0.4, 0.5) is 0 Å². The lowest BCUT2D eigenvalue weighted by Gasteiger charge is -2.27. The first-order chi connectivity index (χ1) is 11.7. The molecule has 1 atom stereocenters. The van der Waals surface area contributed by atoms with Gasteiger partial charge in [-0.25, -0.2) is 0 Å². The standard InChI is InChI=1S/C19H23NO4/c1-21-16-7-8-17(22-2)14(10-16)11-20-15-9-13-5-4-6-18(23-3)19(13)24-12-15/h4-8,10,15,20H,9,11-12H2,1-3H3/t15-/m0/s1. The van der Waals surface area contributed by atoms with Crippen molar-refractivity contribution in [3.63, 3.8) is 0 Å². The van der Waals surface area contributed by atoms with Gasteiger partial charge >= 0.3 is 0 Å². The van der Waals surface area contributed by atoms with Crippen molar-refractivity contribution in [2.75, 3.05) is 27.9 Å². The Kier molecular flexibility index (Phi) is 5.11. The van der Waals surface area contributed by atoms with Crippen LogP contribution in [-0.4, -0.2) is 34.0 Å². The van der Waals surface area contributed by atoms with Crippen LogP contribution in [0.25, 0.3) is 0 Å². The van der Waals surface area contributed by atoms with Crippen LogP contribution in [0.1, 0.15) is 11.1 Å². The smallest absolute Gasteiger partial charge is 0.164 e. The minimum atomic E-state index is 0.237. The quantitative estimate of drug-likeness (QED) is 0.883. The summed E-state index contributed by atoms with van der Waals surface area (Å²) in [6.45, 7) is 1.30. The number of rotatable bonds is 6. The molecule has 5 heteroatoms. The van der Waals surface area contributed by atoms with Gasteiger partial charge in [0.25, 0.3) is 0 Å². The number of hydrogen-bond donors (Lipinski definition) is 1. The fraction of sp³-hybridized carbons (Fsp3) is 0.368. The largest absolute Gasteiger partial charge is 0.497 e. The molecule has 3 rings (SSSR count). The van der Waals surface area contributed by atoms with E-state index >= 15 is 0 Å². The van der Waals surface area contributed by atoms with Gasteiger partial charge in [0.2, 0.25) is 0 Å². The summed E-state index contributed by atoms with van der Waals surface area (Å²) in [6.07, 6.45) is 0.902. The highest BCUT2D eigenvalue weighted by atomic mass is 16.5. The second-order valence-electron chi connectivity index (χ2n) is 5.72. The van der Waals surface area contributed by atoms with Gasteiger partial charge in [0.05, 0.1) is 21.3 Å². The third-order valence-corrected chi connectivity index (χ3v) is 4.24. The highest BCUT2D eigenvalue weighted by Crippen LogP contribution is 2.34. The second-order valence-corrected chi connectivity index (χ2v) is 5.72. The molecular formula is C19H23NO4. The molecule has 0 aliphatic carbocycles. The molecule has 24 heavy (non-hydrogen) atoms. The van der Waals surface area contributed by atoms with Crippen molar-refractivity contribution in [3.8, 4) is 23.0 Å². The SMILES string of the molecule is COc1ccc(OC)c(CN[C@@H]2COc3c(cccc3OC)C2)c1. The molecule has 0 saturated heterocycles. The first-order valence-corrected chi connectivity index (χ1v) is 7.98. The van der Waals surface area contributed by atoms with Gasteiger partial charge in [0, 0.05) is 18.2 Å². The zero-order valence-electron chi connectivity index (χ0n) is 14.3. The van der Waals surface area contributed by atoms with E-state index in [1.807, 2.05) is 30.3 Å². The van der Waals surface area contributed by atoms with Crippen LogP contribution in [0, 0.1) is 0 Å². The van der Waals surface area contributed by atoms with Crippen molar-refractivity contribution >= 4 is 0 Å². The fourth-order valence-corrected chi connectivity index (χ4v) is 2.96. The van der Waals surface area contributed by atoms with Crippen molar-refractivity contribution in [3.05, 3.63) is 47.5 Å². The van der Waals surface area contributed by atoms with Gasteiger partial charge < -0.3 is 24.3 Å². The van der Waals surface area contributed by atoms with E-state index in [1.165, 1.54) is 0 Å². The maximum atomic E-state index is 5.90. The Morgan fingerprint density at radius 3 is 2.62 bits per heavy atom. The molecule has 0 amide bonds. The number of benzene rings is 2. The van der Waals surface area contributed by atoms with Crippen molar-refractivity contribution in [2.24, 2.45) is 0 Å². The summed E-state index contributed by atoms with van der Waals surface area (Å²) in [6, 6.07) is 12.1. The van der Waals surface area contributed by atoms with Crippen LogP contribution in [0.2, 0.25) is 0 Å². The Hall–Kier alpha value is -2.40. The maximum absolute atomic E-state index is 5.90. The highest BCUT2D eigenvalue weighted by molar-refractivity contribution is 5.48. The first kappa shape index (κ1) is 16.5. The van der Waals surface area contributed by atoms with Crippen molar-refractivity contribution in [1.29, 1.82) is 0 Å². The normalized spacial score (nSPS) is 16.0. The lowest BCUT2D eigenvalue weighted by molar-refractivity contribution is 0.226. The van der Waals surface area contributed by atoms with Crippen LogP contribution in [0.3, 0.4) is 0 Å². The molecule has 0 radical (unpaired) electrons. The summed E-state index contributed by atoms with van der Waals surface area (Å²) < 4.78 is 22.0. The van der Waals surface area contributed by atoms with Crippen LogP contribution in [-0.2, 0) is 13.0 Å². The third kappa shape index (κ3) is 3.41. The lowest BCUT2D eigenvalue weighted by Crippen LogP contribution is -2.39. The zero-order valence-corrected chi connectivity index (χ0v) is 14.3. The molecule has 2 aromatic carbocycles. The molecule has 2 aromatic rings. The minimum Gasteiger partial charge on any atom is -0.497 e. The summed E-state index contributed by atoms with van der Waals surface area (Å²) >= 11 is 0. The van der Waals surface area contributed by atoms with Gasteiger partial charge in [-0.2, -0.15) is 0 Å². The molecule has 0 aromatic heterocycles. The van der Waals surface area contributed by atoms with Gasteiger partial charge in [-0.05, 0) is 36.2 Å². The molecule has 0 saturated carbocycles. The van der Waals surface area contributed by atoms with Gasteiger partial charge in [0.1, 0.15) is 18.1 Å². The molecule has 1 aliphatic heterocycles. The van der Waals surface area contributed by atoms with Gasteiger partial charge in [-0.3, -0.25) is 0 Å². The van der Waals surface area contributed by atoms with E-state index in [0.29, 0.717) is 13.2 Å². The summed E-state index contributed by atoms with van der Waals surface area (Å²) in [5, 5.41) is 3.54. The Morgan fingerprint density at radius 2 is 1.88 bits per heavy atom. The summed E-state index contributed by atoms with van der Waals surface area (Å²) in [4.78, 5) is 0. The lowest BCUT2D eigenvalue weighted by atomic mass is 10.0. The fourth-order valence-electron chi connectivity index (χ4n) is 2.96. The molecule has 0 spiro atoms. The average Bonchev–Trinajstić information content (AvgIpc) is 2.65. The van der Waals surface area contributed by atoms with Crippen molar-refractivity contribution in [2.45, 2.75) is 19.0 Å². The first-order valence-electron chi connectivity index (χ1n) is 7.98. The van der Waals surface area contributed by atoms with Crippen molar-refractivity contribution in [1.82, 2.24) is 5.32 Å². The zero-order chi connectivity index (χ0) is 16.9. The molecule has 0 fully saturated rings. The van der Waals surface area contributed by atoms with Gasteiger partial charge in [0.15, 0.2) is 11.5 Å². The molecule has 128 valence electrons. The third-order valence-electron chi connectivity index (χ3n) is 4.24. The molecular weight excluding hydrogens is 306 g/mol. The van der Waals surface area contributed by atoms with E-state index in [0.717, 1.165) is 40.5 Å². The van der Waals surface area contributed by atoms with Crippen LogP contribution < -0.4 is 24.3 Å². The topological polar surface area (TPSA) is 49.0 Å². The highest BCUT2D eigenvalue weighted by Gasteiger charge is 2.22. The summed E-state index contributed by atoms with van der Waals surface area (Å²) in [7, 11) is 5.01. The van der Waals surface area contributed by atoms with Crippen molar-refractivity contribution < 1.29 is 18.9 Å². The second kappa shape index (κ2) is 7.45. The molecule has 1 aliphatic rings. The minimum absolute atomic E-state index is 0.237. The van der Waals surface area contributed by atoms with Crippen LogP contribution in [0.15, 0.2) is 36.4 Å². The Bertz CT molecular complexity index is 702. The predicted molar refractivity (Wildman–Crippen MR) is 92.4 cm³/mol. The summed E-state index contributed by atoms with van der Waals surface area (Å²) in [5.74, 6) is 3.32. The average molecular weight is 329 g/mol. The molecule has 1 N–H and O–H groups in total. The van der Waals surface area contributed by atoms with Crippen LogP contribution in [0.5, 0.6) is 23.0 Å². The van der Waals surface area contributed by atoms with E-state index in [1.54, 1.807) is 21.3 Å². The molecule has 0 unspecified atom stereocenters. The predicted octanol–water partition coefficient (Wildman–Crippen LogP) is 2.81. The van der Waals surface area contributed by atoms with E-state index in [4.69, 9.17) is 18.9 Å².